The van der Waals surface area contributed by atoms with Crippen LogP contribution in [0.2, 0.25) is 0 Å². The lowest BCUT2D eigenvalue weighted by molar-refractivity contribution is -0.124. The van der Waals surface area contributed by atoms with E-state index in [1.807, 2.05) is 13.0 Å². The van der Waals surface area contributed by atoms with Gasteiger partial charge in [0, 0.05) is 19.7 Å². The number of amides is 1. The van der Waals surface area contributed by atoms with E-state index in [1.54, 1.807) is 19.0 Å². The Morgan fingerprint density at radius 2 is 1.73 bits per heavy atom. The van der Waals surface area contributed by atoms with E-state index in [4.69, 9.17) is 0 Å². The Morgan fingerprint density at radius 1 is 1.14 bits per heavy atom. The third kappa shape index (κ3) is 3.97. The highest BCUT2D eigenvalue weighted by atomic mass is 16.2. The zero-order valence-corrected chi connectivity index (χ0v) is 14.9. The number of carbonyl (C=O) groups excluding carboxylic acids is 1. The van der Waals surface area contributed by atoms with Crippen LogP contribution < -0.4 is 0 Å². The molecular weight excluding hydrogens is 270 g/mol. The van der Waals surface area contributed by atoms with Crippen LogP contribution in [0.1, 0.15) is 37.5 Å². The summed E-state index contributed by atoms with van der Waals surface area (Å²) < 4.78 is 0. The number of hydrogen-bond acceptors (Lipinski definition) is 1. The SMILES string of the molecule is C=C(C=C(C)C(=C(C)C)c1cccc(C)c1C)C(=O)N(C)C. The molecule has 1 aromatic carbocycles. The van der Waals surface area contributed by atoms with Crippen molar-refractivity contribution in [1.82, 2.24) is 4.90 Å². The second-order valence-corrected chi connectivity index (χ2v) is 6.17. The zero-order chi connectivity index (χ0) is 17.0. The van der Waals surface area contributed by atoms with E-state index < -0.39 is 0 Å². The smallest absolute Gasteiger partial charge is 0.252 e. The summed E-state index contributed by atoms with van der Waals surface area (Å²) in [5.41, 5.74) is 7.75. The molecule has 1 rings (SSSR count). The van der Waals surface area contributed by atoms with Crippen molar-refractivity contribution in [1.29, 1.82) is 0 Å². The van der Waals surface area contributed by atoms with Gasteiger partial charge in [0.05, 0.1) is 0 Å². The number of nitrogens with zero attached hydrogens (tertiary/aromatic N) is 1. The molecule has 2 heteroatoms. The molecule has 1 amide bonds. The molecule has 0 saturated carbocycles. The van der Waals surface area contributed by atoms with Crippen LogP contribution in [0.4, 0.5) is 0 Å². The number of hydrogen-bond donors (Lipinski definition) is 0. The second kappa shape index (κ2) is 7.26. The Hall–Kier alpha value is -2.09. The van der Waals surface area contributed by atoms with Crippen molar-refractivity contribution < 1.29 is 4.79 Å². The van der Waals surface area contributed by atoms with Gasteiger partial charge in [-0.3, -0.25) is 4.79 Å². The lowest BCUT2D eigenvalue weighted by atomic mass is 9.89. The highest BCUT2D eigenvalue weighted by Gasteiger charge is 2.13. The number of aryl methyl sites for hydroxylation is 1. The first kappa shape index (κ1) is 18.0. The molecule has 0 spiro atoms. The average molecular weight is 297 g/mol. The molecule has 0 aliphatic carbocycles. The first-order valence-electron chi connectivity index (χ1n) is 7.50. The topological polar surface area (TPSA) is 20.3 Å². The van der Waals surface area contributed by atoms with E-state index in [9.17, 15) is 4.79 Å². The first-order valence-corrected chi connectivity index (χ1v) is 7.50. The van der Waals surface area contributed by atoms with Gasteiger partial charge < -0.3 is 4.90 Å². The normalized spacial score (nSPS) is 11.1. The lowest BCUT2D eigenvalue weighted by Gasteiger charge is -2.17. The maximum absolute atomic E-state index is 12.0. The standard InChI is InChI=1S/C20H27NO/c1-13(2)19(18-11-9-10-14(3)17(18)6)15(4)12-16(5)20(22)21(7)8/h9-12H,5H2,1-4,6-8H3. The van der Waals surface area contributed by atoms with E-state index in [2.05, 4.69) is 52.5 Å². The summed E-state index contributed by atoms with van der Waals surface area (Å²) in [6.45, 7) is 14.4. The van der Waals surface area contributed by atoms with Gasteiger partial charge in [0.2, 0.25) is 0 Å². The molecule has 0 heterocycles. The Bertz CT molecular complexity index is 656. The number of rotatable bonds is 4. The van der Waals surface area contributed by atoms with Crippen LogP contribution in [0.5, 0.6) is 0 Å². The van der Waals surface area contributed by atoms with Crippen molar-refractivity contribution in [2.45, 2.75) is 34.6 Å². The van der Waals surface area contributed by atoms with Gasteiger partial charge in [0.25, 0.3) is 5.91 Å². The minimum atomic E-state index is -0.0616. The quantitative estimate of drug-likeness (QED) is 0.583. The monoisotopic (exact) mass is 297 g/mol. The van der Waals surface area contributed by atoms with E-state index >= 15 is 0 Å². The molecule has 1 aromatic rings. The summed E-state index contributed by atoms with van der Waals surface area (Å²) in [6, 6.07) is 6.33. The fourth-order valence-corrected chi connectivity index (χ4v) is 2.58. The Labute approximate surface area is 134 Å². The molecule has 0 aliphatic rings. The molecule has 0 radical (unpaired) electrons. The van der Waals surface area contributed by atoms with Gasteiger partial charge in [-0.1, -0.05) is 30.4 Å². The fraction of sp³-hybridized carbons (Fsp3) is 0.350. The number of likely N-dealkylation sites (N-methyl/N-ethyl adjacent to an activating group) is 1. The highest BCUT2D eigenvalue weighted by Crippen LogP contribution is 2.30. The van der Waals surface area contributed by atoms with E-state index in [0.29, 0.717) is 5.57 Å². The molecule has 0 saturated heterocycles. The van der Waals surface area contributed by atoms with Crippen molar-refractivity contribution in [2.75, 3.05) is 14.1 Å². The van der Waals surface area contributed by atoms with Gasteiger partial charge in [0.1, 0.15) is 0 Å². The lowest BCUT2D eigenvalue weighted by Crippen LogP contribution is -2.22. The molecule has 0 N–H and O–H groups in total. The van der Waals surface area contributed by atoms with Crippen molar-refractivity contribution in [3.05, 3.63) is 64.3 Å². The minimum Gasteiger partial charge on any atom is -0.345 e. The van der Waals surface area contributed by atoms with Gasteiger partial charge >= 0.3 is 0 Å². The Balaban J connectivity index is 3.35. The van der Waals surface area contributed by atoms with Crippen molar-refractivity contribution in [3.63, 3.8) is 0 Å². The summed E-state index contributed by atoms with van der Waals surface area (Å²) in [6.07, 6.45) is 1.88. The maximum atomic E-state index is 12.0. The van der Waals surface area contributed by atoms with Crippen LogP contribution in [0, 0.1) is 13.8 Å². The predicted octanol–water partition coefficient (Wildman–Crippen LogP) is 4.69. The van der Waals surface area contributed by atoms with Gasteiger partial charge in [-0.15, -0.1) is 0 Å². The van der Waals surface area contributed by atoms with Crippen LogP contribution >= 0.6 is 0 Å². The average Bonchev–Trinajstić information content (AvgIpc) is 2.42. The highest BCUT2D eigenvalue weighted by molar-refractivity contribution is 5.96. The maximum Gasteiger partial charge on any atom is 0.252 e. The number of benzene rings is 1. The number of carbonyl (C=O) groups is 1. The molecule has 118 valence electrons. The van der Waals surface area contributed by atoms with Crippen LogP contribution in [0.15, 0.2) is 47.6 Å². The second-order valence-electron chi connectivity index (χ2n) is 6.17. The van der Waals surface area contributed by atoms with Crippen LogP contribution in [-0.2, 0) is 4.79 Å². The van der Waals surface area contributed by atoms with E-state index in [1.165, 1.54) is 27.8 Å². The molecular formula is C20H27NO. The summed E-state index contributed by atoms with van der Waals surface area (Å²) in [4.78, 5) is 13.5. The van der Waals surface area contributed by atoms with Gasteiger partial charge in [-0.2, -0.15) is 0 Å². The molecule has 0 fully saturated rings. The Kier molecular flexibility index (Phi) is 5.92. The summed E-state index contributed by atoms with van der Waals surface area (Å²) in [5.74, 6) is -0.0616. The van der Waals surface area contributed by atoms with Crippen molar-refractivity contribution in [2.24, 2.45) is 0 Å². The molecule has 0 bridgehead atoms. The van der Waals surface area contributed by atoms with Crippen LogP contribution in [0.3, 0.4) is 0 Å². The van der Waals surface area contributed by atoms with Gasteiger partial charge in [-0.05, 0) is 68.5 Å². The number of allylic oxidation sites excluding steroid dienone is 3. The largest absolute Gasteiger partial charge is 0.345 e. The van der Waals surface area contributed by atoms with Crippen LogP contribution in [0.25, 0.3) is 5.57 Å². The van der Waals surface area contributed by atoms with Crippen molar-refractivity contribution in [3.8, 4) is 0 Å². The van der Waals surface area contributed by atoms with Crippen molar-refractivity contribution >= 4 is 11.5 Å². The van der Waals surface area contributed by atoms with E-state index in [0.717, 1.165) is 5.57 Å². The summed E-state index contributed by atoms with van der Waals surface area (Å²) >= 11 is 0. The Morgan fingerprint density at radius 3 is 2.23 bits per heavy atom. The molecule has 0 aromatic heterocycles. The molecule has 22 heavy (non-hydrogen) atoms. The van der Waals surface area contributed by atoms with Gasteiger partial charge in [0.15, 0.2) is 0 Å². The predicted molar refractivity (Wildman–Crippen MR) is 95.8 cm³/mol. The fourth-order valence-electron chi connectivity index (χ4n) is 2.58. The molecule has 2 nitrogen and oxygen atoms in total. The third-order valence-corrected chi connectivity index (χ3v) is 3.84. The molecule has 0 atom stereocenters. The van der Waals surface area contributed by atoms with E-state index in [-0.39, 0.29) is 5.91 Å². The molecule has 0 unspecified atom stereocenters. The minimum absolute atomic E-state index is 0.0616. The zero-order valence-electron chi connectivity index (χ0n) is 14.9. The third-order valence-electron chi connectivity index (χ3n) is 3.84. The summed E-state index contributed by atoms with van der Waals surface area (Å²) in [7, 11) is 3.48. The van der Waals surface area contributed by atoms with Crippen LogP contribution in [-0.4, -0.2) is 24.9 Å². The van der Waals surface area contributed by atoms with Gasteiger partial charge in [-0.25, -0.2) is 0 Å². The molecule has 0 aliphatic heterocycles. The first-order chi connectivity index (χ1) is 10.2. The summed E-state index contributed by atoms with van der Waals surface area (Å²) in [5, 5.41) is 0.